The van der Waals surface area contributed by atoms with Crippen LogP contribution in [0.25, 0.3) is 0 Å². The Labute approximate surface area is 147 Å². The smallest absolute Gasteiger partial charge is 0.279 e. The molecule has 0 radical (unpaired) electrons. The van der Waals surface area contributed by atoms with Crippen molar-refractivity contribution in [2.45, 2.75) is 18.4 Å². The van der Waals surface area contributed by atoms with Gasteiger partial charge in [-0.1, -0.05) is 29.8 Å². The molecule has 0 fully saturated rings. The zero-order chi connectivity index (χ0) is 16.8. The SMILES string of the molecule is CSc1ccc(C[NH+](C)CC(=O)Nc2ccc(C)cc2Cl)cc1. The number of carbonyl (C=O) groups excluding carboxylic acids is 1. The van der Waals surface area contributed by atoms with Crippen LogP contribution in [-0.2, 0) is 11.3 Å². The van der Waals surface area contributed by atoms with Crippen molar-refractivity contribution in [3.8, 4) is 0 Å². The minimum atomic E-state index is -0.0333. The zero-order valence-electron chi connectivity index (χ0n) is 13.7. The lowest BCUT2D eigenvalue weighted by Gasteiger charge is -2.14. The Bertz CT molecular complexity index is 673. The van der Waals surface area contributed by atoms with Gasteiger partial charge < -0.3 is 10.2 Å². The van der Waals surface area contributed by atoms with Crippen molar-refractivity contribution in [2.24, 2.45) is 0 Å². The van der Waals surface area contributed by atoms with Gasteiger partial charge in [-0.2, -0.15) is 0 Å². The molecule has 1 unspecified atom stereocenters. The van der Waals surface area contributed by atoms with Crippen molar-refractivity contribution in [2.75, 3.05) is 25.2 Å². The average Bonchev–Trinajstić information content (AvgIpc) is 2.50. The molecule has 0 heterocycles. The topological polar surface area (TPSA) is 33.5 Å². The molecule has 5 heteroatoms. The minimum Gasteiger partial charge on any atom is -0.326 e. The van der Waals surface area contributed by atoms with Gasteiger partial charge in [0.1, 0.15) is 6.54 Å². The summed E-state index contributed by atoms with van der Waals surface area (Å²) in [6.45, 7) is 3.18. The fourth-order valence-electron chi connectivity index (χ4n) is 2.34. The van der Waals surface area contributed by atoms with Gasteiger partial charge in [-0.25, -0.2) is 0 Å². The Morgan fingerprint density at radius 3 is 2.52 bits per heavy atom. The fourth-order valence-corrected chi connectivity index (χ4v) is 3.03. The number of thioether (sulfide) groups is 1. The number of anilines is 1. The lowest BCUT2D eigenvalue weighted by Crippen LogP contribution is -3.08. The highest BCUT2D eigenvalue weighted by atomic mass is 35.5. The molecular weight excluding hydrogens is 328 g/mol. The number of amides is 1. The van der Waals surface area contributed by atoms with Crippen LogP contribution in [-0.4, -0.2) is 25.8 Å². The second-order valence-electron chi connectivity index (χ2n) is 5.69. The third-order valence-electron chi connectivity index (χ3n) is 3.53. The molecular formula is C18H22ClN2OS+. The van der Waals surface area contributed by atoms with E-state index >= 15 is 0 Å². The Kier molecular flexibility index (Phi) is 6.51. The van der Waals surface area contributed by atoms with Crippen molar-refractivity contribution in [1.29, 1.82) is 0 Å². The molecule has 0 spiro atoms. The van der Waals surface area contributed by atoms with Gasteiger partial charge in [-0.05, 0) is 43.0 Å². The molecule has 122 valence electrons. The number of carbonyl (C=O) groups is 1. The van der Waals surface area contributed by atoms with Crippen molar-refractivity contribution < 1.29 is 9.69 Å². The van der Waals surface area contributed by atoms with Crippen LogP contribution < -0.4 is 10.2 Å². The van der Waals surface area contributed by atoms with Gasteiger partial charge in [-0.3, -0.25) is 4.79 Å². The van der Waals surface area contributed by atoms with E-state index in [9.17, 15) is 4.79 Å². The van der Waals surface area contributed by atoms with Gasteiger partial charge in [0.2, 0.25) is 0 Å². The van der Waals surface area contributed by atoms with Crippen molar-refractivity contribution >= 4 is 35.0 Å². The number of quaternary nitrogens is 1. The summed E-state index contributed by atoms with van der Waals surface area (Å²) < 4.78 is 0. The molecule has 1 amide bonds. The summed E-state index contributed by atoms with van der Waals surface area (Å²) in [6, 6.07) is 14.1. The second-order valence-corrected chi connectivity index (χ2v) is 6.98. The Morgan fingerprint density at radius 2 is 1.91 bits per heavy atom. The van der Waals surface area contributed by atoms with Crippen LogP contribution in [0, 0.1) is 6.92 Å². The first-order valence-electron chi connectivity index (χ1n) is 7.48. The molecule has 0 aromatic heterocycles. The molecule has 0 bridgehead atoms. The monoisotopic (exact) mass is 349 g/mol. The fraction of sp³-hybridized carbons (Fsp3) is 0.278. The highest BCUT2D eigenvalue weighted by molar-refractivity contribution is 7.98. The van der Waals surface area contributed by atoms with E-state index < -0.39 is 0 Å². The van der Waals surface area contributed by atoms with Crippen LogP contribution in [0.1, 0.15) is 11.1 Å². The molecule has 0 saturated heterocycles. The summed E-state index contributed by atoms with van der Waals surface area (Å²) in [5.41, 5.74) is 2.96. The van der Waals surface area contributed by atoms with Gasteiger partial charge >= 0.3 is 0 Å². The molecule has 0 aliphatic rings. The zero-order valence-corrected chi connectivity index (χ0v) is 15.2. The van der Waals surface area contributed by atoms with Crippen LogP contribution in [0.5, 0.6) is 0 Å². The van der Waals surface area contributed by atoms with Crippen molar-refractivity contribution in [3.63, 3.8) is 0 Å². The Hall–Kier alpha value is -1.49. The summed E-state index contributed by atoms with van der Waals surface area (Å²) in [4.78, 5) is 14.5. The van der Waals surface area contributed by atoms with Crippen LogP contribution in [0.2, 0.25) is 5.02 Å². The van der Waals surface area contributed by atoms with E-state index in [1.165, 1.54) is 10.5 Å². The average molecular weight is 350 g/mol. The van der Waals surface area contributed by atoms with Crippen LogP contribution in [0.3, 0.4) is 0 Å². The number of hydrogen-bond acceptors (Lipinski definition) is 2. The molecule has 0 aliphatic heterocycles. The maximum Gasteiger partial charge on any atom is 0.279 e. The van der Waals surface area contributed by atoms with E-state index in [-0.39, 0.29) is 5.91 Å². The predicted octanol–water partition coefficient (Wildman–Crippen LogP) is 3.02. The van der Waals surface area contributed by atoms with Crippen molar-refractivity contribution in [3.05, 3.63) is 58.6 Å². The molecule has 0 saturated carbocycles. The number of likely N-dealkylation sites (N-methyl/N-ethyl adjacent to an activating group) is 1. The maximum atomic E-state index is 12.2. The van der Waals surface area contributed by atoms with Gasteiger partial charge in [-0.15, -0.1) is 11.8 Å². The number of benzene rings is 2. The third-order valence-corrected chi connectivity index (χ3v) is 4.58. The Balaban J connectivity index is 1.88. The first-order valence-corrected chi connectivity index (χ1v) is 9.08. The standard InChI is InChI=1S/C18H21ClN2OS/c1-13-4-9-17(16(19)10-13)20-18(22)12-21(2)11-14-5-7-15(23-3)8-6-14/h4-10H,11-12H2,1-3H3,(H,20,22)/p+1. The number of aryl methyl sites for hydroxylation is 1. The quantitative estimate of drug-likeness (QED) is 0.786. The first-order chi connectivity index (χ1) is 11.0. The molecule has 3 nitrogen and oxygen atoms in total. The highest BCUT2D eigenvalue weighted by Crippen LogP contribution is 2.22. The minimum absolute atomic E-state index is 0.0333. The van der Waals surface area contributed by atoms with Gasteiger partial charge in [0.15, 0.2) is 6.54 Å². The molecule has 2 aromatic carbocycles. The maximum absolute atomic E-state index is 12.2. The molecule has 0 aliphatic carbocycles. The molecule has 2 rings (SSSR count). The van der Waals surface area contributed by atoms with E-state index in [4.69, 9.17) is 11.6 Å². The first kappa shape index (κ1) is 17.9. The lowest BCUT2D eigenvalue weighted by molar-refractivity contribution is -0.885. The number of halogens is 1. The predicted molar refractivity (Wildman–Crippen MR) is 98.5 cm³/mol. The summed E-state index contributed by atoms with van der Waals surface area (Å²) in [5.74, 6) is -0.0333. The second kappa shape index (κ2) is 8.39. The van der Waals surface area contributed by atoms with Gasteiger partial charge in [0.25, 0.3) is 5.91 Å². The van der Waals surface area contributed by atoms with E-state index in [1.54, 1.807) is 11.8 Å². The Morgan fingerprint density at radius 1 is 1.22 bits per heavy atom. The highest BCUT2D eigenvalue weighted by Gasteiger charge is 2.12. The molecule has 2 N–H and O–H groups in total. The van der Waals surface area contributed by atoms with E-state index in [0.29, 0.717) is 17.3 Å². The van der Waals surface area contributed by atoms with Gasteiger partial charge in [0, 0.05) is 10.5 Å². The third kappa shape index (κ3) is 5.57. The van der Waals surface area contributed by atoms with E-state index in [2.05, 4.69) is 35.8 Å². The number of rotatable bonds is 6. The van der Waals surface area contributed by atoms with Crippen LogP contribution in [0.4, 0.5) is 5.69 Å². The van der Waals surface area contributed by atoms with Crippen molar-refractivity contribution in [1.82, 2.24) is 0 Å². The summed E-state index contributed by atoms with van der Waals surface area (Å²) in [6.07, 6.45) is 2.06. The number of nitrogens with one attached hydrogen (secondary N) is 2. The largest absolute Gasteiger partial charge is 0.326 e. The summed E-state index contributed by atoms with van der Waals surface area (Å²) >= 11 is 7.87. The lowest BCUT2D eigenvalue weighted by atomic mass is 10.2. The van der Waals surface area contributed by atoms with Crippen LogP contribution in [0.15, 0.2) is 47.4 Å². The summed E-state index contributed by atoms with van der Waals surface area (Å²) in [7, 11) is 2.01. The number of hydrogen-bond donors (Lipinski definition) is 2. The van der Waals surface area contributed by atoms with E-state index in [0.717, 1.165) is 17.0 Å². The van der Waals surface area contributed by atoms with E-state index in [1.807, 2.05) is 32.2 Å². The molecule has 1 atom stereocenters. The molecule has 2 aromatic rings. The molecule has 23 heavy (non-hydrogen) atoms. The summed E-state index contributed by atoms with van der Waals surface area (Å²) in [5, 5.41) is 3.45. The normalized spacial score (nSPS) is 12.0. The van der Waals surface area contributed by atoms with Gasteiger partial charge in [0.05, 0.1) is 17.8 Å². The van der Waals surface area contributed by atoms with Crippen LogP contribution >= 0.6 is 23.4 Å².